The monoisotopic (exact) mass is 495 g/mol. The Morgan fingerprint density at radius 2 is 1.89 bits per heavy atom. The number of anilines is 2. The molecule has 4 aromatic rings. The molecule has 0 unspecified atom stereocenters. The number of thiazole rings is 1. The van der Waals surface area contributed by atoms with E-state index in [-0.39, 0.29) is 12.3 Å². The van der Waals surface area contributed by atoms with Gasteiger partial charge in [-0.25, -0.2) is 4.98 Å². The fraction of sp³-hybridized carbons (Fsp3) is 0.200. The van der Waals surface area contributed by atoms with Gasteiger partial charge in [-0.2, -0.15) is 0 Å². The summed E-state index contributed by atoms with van der Waals surface area (Å²) in [5.74, 6) is 0.691. The van der Waals surface area contributed by atoms with Crippen molar-refractivity contribution in [3.8, 4) is 17.0 Å². The summed E-state index contributed by atoms with van der Waals surface area (Å²) in [6.07, 6.45) is 1.25. The third-order valence-electron chi connectivity index (χ3n) is 6.60. The van der Waals surface area contributed by atoms with Crippen LogP contribution < -0.4 is 15.0 Å². The van der Waals surface area contributed by atoms with Gasteiger partial charge in [0.2, 0.25) is 5.91 Å². The number of rotatable bonds is 7. The molecule has 36 heavy (non-hydrogen) atoms. The number of aryl methyl sites for hydroxylation is 2. The van der Waals surface area contributed by atoms with Crippen LogP contribution in [0.15, 0.2) is 73.3 Å². The average molecular weight is 496 g/mol. The Balaban J connectivity index is 1.31. The molecule has 5 nitrogen and oxygen atoms in total. The Kier molecular flexibility index (Phi) is 6.61. The minimum atomic E-state index is -0.0835. The number of benzene rings is 3. The predicted molar refractivity (Wildman–Crippen MR) is 149 cm³/mol. The molecular weight excluding hydrogens is 466 g/mol. The average Bonchev–Trinajstić information content (AvgIpc) is 3.46. The van der Waals surface area contributed by atoms with E-state index in [1.54, 1.807) is 7.11 Å². The van der Waals surface area contributed by atoms with E-state index < -0.39 is 0 Å². The summed E-state index contributed by atoms with van der Waals surface area (Å²) in [6.45, 7) is 9.48. The second-order valence-corrected chi connectivity index (χ2v) is 10.2. The Bertz CT molecular complexity index is 1440. The van der Waals surface area contributed by atoms with Crippen LogP contribution in [0.3, 0.4) is 0 Å². The van der Waals surface area contributed by atoms with Gasteiger partial charge in [0, 0.05) is 33.9 Å². The summed E-state index contributed by atoms with van der Waals surface area (Å²) < 4.78 is 5.18. The first-order valence-corrected chi connectivity index (χ1v) is 12.8. The van der Waals surface area contributed by atoms with Gasteiger partial charge in [-0.1, -0.05) is 49.0 Å². The third kappa shape index (κ3) is 4.77. The number of methoxy groups -OCH3 is 1. The van der Waals surface area contributed by atoms with Crippen LogP contribution in [0.5, 0.6) is 5.75 Å². The van der Waals surface area contributed by atoms with E-state index in [1.807, 2.05) is 31.2 Å². The number of carbonyl (C=O) groups is 1. The van der Waals surface area contributed by atoms with Crippen LogP contribution in [0.25, 0.3) is 17.0 Å². The van der Waals surface area contributed by atoms with Crippen molar-refractivity contribution in [3.05, 3.63) is 100 Å². The molecule has 1 amide bonds. The van der Waals surface area contributed by atoms with Crippen LogP contribution in [0, 0.1) is 13.8 Å². The zero-order valence-corrected chi connectivity index (χ0v) is 21.6. The topological polar surface area (TPSA) is 54.5 Å². The van der Waals surface area contributed by atoms with E-state index in [0.717, 1.165) is 46.1 Å². The minimum Gasteiger partial charge on any atom is -0.497 e. The molecule has 1 aliphatic rings. The molecule has 0 bridgehead atoms. The van der Waals surface area contributed by atoms with E-state index in [4.69, 9.17) is 9.72 Å². The molecule has 0 saturated heterocycles. The smallest absolute Gasteiger partial charge is 0.230 e. The highest BCUT2D eigenvalue weighted by Crippen LogP contribution is 2.38. The first-order chi connectivity index (χ1) is 17.4. The molecule has 5 rings (SSSR count). The van der Waals surface area contributed by atoms with Crippen molar-refractivity contribution in [2.75, 3.05) is 23.9 Å². The van der Waals surface area contributed by atoms with Crippen LogP contribution >= 0.6 is 11.3 Å². The van der Waals surface area contributed by atoms with Gasteiger partial charge in [-0.15, -0.1) is 11.3 Å². The fourth-order valence-electron chi connectivity index (χ4n) is 4.68. The van der Waals surface area contributed by atoms with Gasteiger partial charge in [-0.05, 0) is 61.2 Å². The van der Waals surface area contributed by atoms with Crippen molar-refractivity contribution >= 4 is 33.8 Å². The second kappa shape index (κ2) is 9.99. The number of hydrogen-bond donors (Lipinski definition) is 1. The van der Waals surface area contributed by atoms with Crippen molar-refractivity contribution in [2.24, 2.45) is 0 Å². The van der Waals surface area contributed by atoms with Crippen LogP contribution in [0.1, 0.15) is 27.1 Å². The Hall–Kier alpha value is -3.90. The molecule has 3 aromatic carbocycles. The molecule has 0 atom stereocenters. The number of fused-ring (bicyclic) bond motifs is 1. The van der Waals surface area contributed by atoms with E-state index in [1.165, 1.54) is 33.7 Å². The van der Waals surface area contributed by atoms with Gasteiger partial charge in [0.25, 0.3) is 0 Å². The zero-order valence-electron chi connectivity index (χ0n) is 20.8. The molecule has 1 aromatic heterocycles. The van der Waals surface area contributed by atoms with Gasteiger partial charge in [0.15, 0.2) is 5.13 Å². The van der Waals surface area contributed by atoms with Crippen molar-refractivity contribution in [3.63, 3.8) is 0 Å². The highest BCUT2D eigenvalue weighted by Gasteiger charge is 2.24. The zero-order chi connectivity index (χ0) is 25.2. The molecule has 2 heterocycles. The van der Waals surface area contributed by atoms with Crippen molar-refractivity contribution in [2.45, 2.75) is 26.7 Å². The predicted octanol–water partition coefficient (Wildman–Crippen LogP) is 6.65. The number of aromatic nitrogens is 1. The highest BCUT2D eigenvalue weighted by atomic mass is 32.1. The fourth-order valence-corrected chi connectivity index (χ4v) is 5.53. The first-order valence-electron chi connectivity index (χ1n) is 12.0. The normalized spacial score (nSPS) is 12.4. The summed E-state index contributed by atoms with van der Waals surface area (Å²) in [5, 5.41) is 3.59. The summed E-state index contributed by atoms with van der Waals surface area (Å²) in [5.41, 5.74) is 8.85. The second-order valence-electron chi connectivity index (χ2n) is 9.00. The van der Waals surface area contributed by atoms with E-state index >= 15 is 0 Å². The maximum Gasteiger partial charge on any atom is 0.230 e. The number of nitrogens with one attached hydrogen (secondary N) is 1. The number of amides is 1. The lowest BCUT2D eigenvalue weighted by Crippen LogP contribution is -2.18. The SMILES string of the molecule is C=C(c1ccccc1C)N1CCc2cc(-c3nc(NC(=O)Cc4ccc(OC)cc4)sc3C)ccc21. The number of carbonyl (C=O) groups excluding carboxylic acids is 1. The molecule has 0 radical (unpaired) electrons. The Morgan fingerprint density at radius 3 is 2.64 bits per heavy atom. The molecule has 6 heteroatoms. The number of hydrogen-bond acceptors (Lipinski definition) is 5. The van der Waals surface area contributed by atoms with Crippen molar-refractivity contribution < 1.29 is 9.53 Å². The van der Waals surface area contributed by atoms with Crippen LogP contribution in [-0.4, -0.2) is 24.5 Å². The summed E-state index contributed by atoms with van der Waals surface area (Å²) in [7, 11) is 1.63. The summed E-state index contributed by atoms with van der Waals surface area (Å²) in [4.78, 5) is 20.7. The lowest BCUT2D eigenvalue weighted by Gasteiger charge is -2.23. The minimum absolute atomic E-state index is 0.0835. The standard InChI is InChI=1S/C30H29N3O2S/c1-19-7-5-6-8-26(19)20(2)33-16-15-23-18-24(11-14-27(23)33)29-21(3)36-30(32-29)31-28(34)17-22-9-12-25(35-4)13-10-22/h5-14,18H,2,15-17H2,1,3-4H3,(H,31,32,34). The lowest BCUT2D eigenvalue weighted by atomic mass is 10.0. The van der Waals surface area contributed by atoms with Crippen molar-refractivity contribution in [1.82, 2.24) is 4.98 Å². The molecule has 0 saturated carbocycles. The van der Waals surface area contributed by atoms with Crippen LogP contribution in [0.2, 0.25) is 0 Å². The van der Waals surface area contributed by atoms with Gasteiger partial charge >= 0.3 is 0 Å². The molecular formula is C30H29N3O2S. The summed E-state index contributed by atoms with van der Waals surface area (Å²) in [6, 6.07) is 22.4. The van der Waals surface area contributed by atoms with E-state index in [2.05, 4.69) is 66.2 Å². The molecule has 0 aliphatic carbocycles. The van der Waals surface area contributed by atoms with Gasteiger partial charge < -0.3 is 15.0 Å². The van der Waals surface area contributed by atoms with Gasteiger partial charge in [0.05, 0.1) is 19.2 Å². The number of nitrogens with zero attached hydrogens (tertiary/aromatic N) is 2. The summed E-state index contributed by atoms with van der Waals surface area (Å²) >= 11 is 1.50. The van der Waals surface area contributed by atoms with Gasteiger partial charge in [-0.3, -0.25) is 4.79 Å². The van der Waals surface area contributed by atoms with E-state index in [9.17, 15) is 4.79 Å². The van der Waals surface area contributed by atoms with Crippen LogP contribution in [0.4, 0.5) is 10.8 Å². The van der Waals surface area contributed by atoms with Gasteiger partial charge in [0.1, 0.15) is 5.75 Å². The first kappa shape index (κ1) is 23.8. The maximum absolute atomic E-state index is 12.6. The third-order valence-corrected chi connectivity index (χ3v) is 7.48. The molecule has 1 N–H and O–H groups in total. The maximum atomic E-state index is 12.6. The van der Waals surface area contributed by atoms with E-state index in [0.29, 0.717) is 5.13 Å². The van der Waals surface area contributed by atoms with Crippen LogP contribution in [-0.2, 0) is 17.6 Å². The molecule has 1 aliphatic heterocycles. The molecule has 0 fully saturated rings. The largest absolute Gasteiger partial charge is 0.497 e. The quantitative estimate of drug-likeness (QED) is 0.312. The highest BCUT2D eigenvalue weighted by molar-refractivity contribution is 7.16. The molecule has 0 spiro atoms. The Labute approximate surface area is 216 Å². The van der Waals surface area contributed by atoms with Crippen molar-refractivity contribution in [1.29, 1.82) is 0 Å². The Morgan fingerprint density at radius 1 is 1.11 bits per heavy atom. The lowest BCUT2D eigenvalue weighted by molar-refractivity contribution is -0.115. The number of ether oxygens (including phenoxy) is 1. The molecule has 182 valence electrons.